The zero-order chi connectivity index (χ0) is 13.7. The quantitative estimate of drug-likeness (QED) is 0.774. The van der Waals surface area contributed by atoms with E-state index in [2.05, 4.69) is 6.92 Å². The Kier molecular flexibility index (Phi) is 5.40. The van der Waals surface area contributed by atoms with E-state index in [1.165, 1.54) is 17.1 Å². The molecule has 0 aromatic carbocycles. The van der Waals surface area contributed by atoms with Gasteiger partial charge in [0.15, 0.2) is 0 Å². The molecule has 0 spiro atoms. The molecule has 1 heterocycles. The summed E-state index contributed by atoms with van der Waals surface area (Å²) in [6.07, 6.45) is 1.73. The molecule has 0 aromatic heterocycles. The Morgan fingerprint density at radius 3 is 2.67 bits per heavy atom. The number of piperidine rings is 1. The molecule has 0 saturated carbocycles. The van der Waals surface area contributed by atoms with Gasteiger partial charge in [-0.25, -0.2) is 9.86 Å². The number of carboxylic acid groups (broad SMARTS) is 1. The van der Waals surface area contributed by atoms with Gasteiger partial charge in [0, 0.05) is 20.1 Å². The van der Waals surface area contributed by atoms with E-state index in [-0.39, 0.29) is 24.3 Å². The smallest absolute Gasteiger partial charge is 0.407 e. The molecule has 6 heteroatoms. The lowest BCUT2D eigenvalue weighted by atomic mass is 9.82. The van der Waals surface area contributed by atoms with Crippen LogP contribution in [0.2, 0.25) is 0 Å². The number of amides is 2. The predicted molar refractivity (Wildman–Crippen MR) is 65.9 cm³/mol. The van der Waals surface area contributed by atoms with Gasteiger partial charge < -0.3 is 10.0 Å². The fraction of sp³-hybridized carbons (Fsp3) is 0.833. The van der Waals surface area contributed by atoms with Gasteiger partial charge in [0.1, 0.15) is 0 Å². The lowest BCUT2D eigenvalue weighted by Crippen LogP contribution is -2.49. The average Bonchev–Trinajstić information content (AvgIpc) is 2.37. The van der Waals surface area contributed by atoms with Crippen LogP contribution in [0, 0.1) is 11.8 Å². The van der Waals surface area contributed by atoms with Crippen LogP contribution in [-0.2, 0) is 9.63 Å². The predicted octanol–water partition coefficient (Wildman–Crippen LogP) is 1.42. The Morgan fingerprint density at radius 1 is 1.50 bits per heavy atom. The van der Waals surface area contributed by atoms with E-state index in [0.717, 1.165) is 19.3 Å². The molecular weight excluding hydrogens is 236 g/mol. The summed E-state index contributed by atoms with van der Waals surface area (Å²) in [6, 6.07) is 0. The number of nitrogens with zero attached hydrogens (tertiary/aromatic N) is 2. The summed E-state index contributed by atoms with van der Waals surface area (Å²) in [5.41, 5.74) is 0. The average molecular weight is 258 g/mol. The van der Waals surface area contributed by atoms with Gasteiger partial charge in [0.25, 0.3) is 5.91 Å². The molecule has 1 aliphatic rings. The number of likely N-dealkylation sites (tertiary alicyclic amines) is 1. The van der Waals surface area contributed by atoms with Crippen molar-refractivity contribution in [2.24, 2.45) is 11.8 Å². The molecule has 18 heavy (non-hydrogen) atoms. The second-order valence-corrected chi connectivity index (χ2v) is 4.69. The minimum atomic E-state index is -0.956. The van der Waals surface area contributed by atoms with E-state index in [0.29, 0.717) is 6.54 Å². The van der Waals surface area contributed by atoms with Crippen LogP contribution in [0.5, 0.6) is 0 Å². The second kappa shape index (κ2) is 6.58. The van der Waals surface area contributed by atoms with Crippen LogP contribution in [0.1, 0.15) is 26.2 Å². The molecule has 2 unspecified atom stereocenters. The molecule has 2 atom stereocenters. The molecule has 1 fully saturated rings. The standard InChI is InChI=1S/C12H22N2O4/c1-4-5-9-6-7-14(12(16)17)8-10(9)11(15)13(2)18-3/h9-10H,4-8H2,1-3H3,(H,16,17). The summed E-state index contributed by atoms with van der Waals surface area (Å²) in [5, 5.41) is 10.2. The first-order chi connectivity index (χ1) is 8.51. The molecule has 1 rings (SSSR count). The molecule has 1 aliphatic heterocycles. The van der Waals surface area contributed by atoms with Crippen LogP contribution < -0.4 is 0 Å². The van der Waals surface area contributed by atoms with Crippen molar-refractivity contribution in [1.29, 1.82) is 0 Å². The number of hydrogen-bond acceptors (Lipinski definition) is 3. The van der Waals surface area contributed by atoms with Gasteiger partial charge in [0.2, 0.25) is 0 Å². The van der Waals surface area contributed by atoms with Gasteiger partial charge in [-0.3, -0.25) is 9.63 Å². The highest BCUT2D eigenvalue weighted by atomic mass is 16.7. The molecule has 1 N–H and O–H groups in total. The van der Waals surface area contributed by atoms with Crippen molar-refractivity contribution in [2.45, 2.75) is 26.2 Å². The number of hydroxylamine groups is 2. The number of carbonyl (C=O) groups excluding carboxylic acids is 1. The second-order valence-electron chi connectivity index (χ2n) is 4.69. The lowest BCUT2D eigenvalue weighted by Gasteiger charge is -2.37. The largest absolute Gasteiger partial charge is 0.465 e. The van der Waals surface area contributed by atoms with Gasteiger partial charge >= 0.3 is 6.09 Å². The Labute approximate surface area is 107 Å². The van der Waals surface area contributed by atoms with Crippen molar-refractivity contribution in [3.8, 4) is 0 Å². The van der Waals surface area contributed by atoms with E-state index in [1.807, 2.05) is 0 Å². The normalized spacial score (nSPS) is 23.8. The first-order valence-corrected chi connectivity index (χ1v) is 6.30. The van der Waals surface area contributed by atoms with Gasteiger partial charge in [-0.05, 0) is 18.8 Å². The molecule has 0 radical (unpaired) electrons. The molecule has 0 bridgehead atoms. The van der Waals surface area contributed by atoms with Gasteiger partial charge in [-0.1, -0.05) is 13.3 Å². The highest BCUT2D eigenvalue weighted by molar-refractivity contribution is 5.79. The topological polar surface area (TPSA) is 70.1 Å². The lowest BCUT2D eigenvalue weighted by molar-refractivity contribution is -0.177. The Hall–Kier alpha value is -1.30. The van der Waals surface area contributed by atoms with E-state index >= 15 is 0 Å². The van der Waals surface area contributed by atoms with Crippen LogP contribution in [0.25, 0.3) is 0 Å². The van der Waals surface area contributed by atoms with E-state index in [4.69, 9.17) is 9.94 Å². The van der Waals surface area contributed by atoms with E-state index in [1.54, 1.807) is 7.05 Å². The first kappa shape index (κ1) is 14.8. The molecule has 6 nitrogen and oxygen atoms in total. The number of carbonyl (C=O) groups is 2. The summed E-state index contributed by atoms with van der Waals surface area (Å²) in [6.45, 7) is 2.86. The number of hydrogen-bond donors (Lipinski definition) is 1. The molecule has 0 aromatic rings. The van der Waals surface area contributed by atoms with Crippen LogP contribution in [-0.4, -0.2) is 54.3 Å². The zero-order valence-corrected chi connectivity index (χ0v) is 11.3. The maximum atomic E-state index is 12.2. The SMILES string of the molecule is CCCC1CCN(C(=O)O)CC1C(=O)N(C)OC. The maximum absolute atomic E-state index is 12.2. The minimum Gasteiger partial charge on any atom is -0.465 e. The summed E-state index contributed by atoms with van der Waals surface area (Å²) in [5.74, 6) is -0.183. The van der Waals surface area contributed by atoms with Crippen molar-refractivity contribution in [1.82, 2.24) is 9.96 Å². The third-order valence-corrected chi connectivity index (χ3v) is 3.59. The molecule has 104 valence electrons. The molecular formula is C12H22N2O4. The summed E-state index contributed by atoms with van der Waals surface area (Å²) < 4.78 is 0. The highest BCUT2D eigenvalue weighted by Crippen LogP contribution is 2.29. The number of rotatable bonds is 4. The van der Waals surface area contributed by atoms with Crippen molar-refractivity contribution in [2.75, 3.05) is 27.2 Å². The Morgan fingerprint density at radius 2 is 2.17 bits per heavy atom. The van der Waals surface area contributed by atoms with E-state index in [9.17, 15) is 9.59 Å². The van der Waals surface area contributed by atoms with Crippen molar-refractivity contribution in [3.05, 3.63) is 0 Å². The van der Waals surface area contributed by atoms with Gasteiger partial charge in [0.05, 0.1) is 13.0 Å². The fourth-order valence-electron chi connectivity index (χ4n) is 2.49. The van der Waals surface area contributed by atoms with E-state index < -0.39 is 6.09 Å². The first-order valence-electron chi connectivity index (χ1n) is 6.30. The Balaban J connectivity index is 2.77. The summed E-state index contributed by atoms with van der Waals surface area (Å²) >= 11 is 0. The van der Waals surface area contributed by atoms with Gasteiger partial charge in [-0.15, -0.1) is 0 Å². The summed E-state index contributed by atoms with van der Waals surface area (Å²) in [4.78, 5) is 29.4. The third-order valence-electron chi connectivity index (χ3n) is 3.59. The highest BCUT2D eigenvalue weighted by Gasteiger charge is 2.37. The molecule has 0 aliphatic carbocycles. The maximum Gasteiger partial charge on any atom is 0.407 e. The monoisotopic (exact) mass is 258 g/mol. The van der Waals surface area contributed by atoms with Crippen LogP contribution in [0.15, 0.2) is 0 Å². The van der Waals surface area contributed by atoms with Crippen molar-refractivity contribution >= 4 is 12.0 Å². The van der Waals surface area contributed by atoms with Crippen LogP contribution >= 0.6 is 0 Å². The Bertz CT molecular complexity index is 308. The fourth-order valence-corrected chi connectivity index (χ4v) is 2.49. The summed E-state index contributed by atoms with van der Waals surface area (Å²) in [7, 11) is 3.00. The van der Waals surface area contributed by atoms with Crippen molar-refractivity contribution in [3.63, 3.8) is 0 Å². The zero-order valence-electron chi connectivity index (χ0n) is 11.3. The molecule has 1 saturated heterocycles. The van der Waals surface area contributed by atoms with Crippen LogP contribution in [0.4, 0.5) is 4.79 Å². The molecule has 2 amide bonds. The van der Waals surface area contributed by atoms with Gasteiger partial charge in [-0.2, -0.15) is 0 Å². The third kappa shape index (κ3) is 3.35. The minimum absolute atomic E-state index is 0.137. The van der Waals surface area contributed by atoms with Crippen molar-refractivity contribution < 1.29 is 19.5 Å². The van der Waals surface area contributed by atoms with Crippen LogP contribution in [0.3, 0.4) is 0 Å².